The van der Waals surface area contributed by atoms with Gasteiger partial charge in [-0.1, -0.05) is 6.58 Å². The number of nitrogens with one attached hydrogen (secondary N) is 2. The number of hydrogen-bond donors (Lipinski definition) is 4. The van der Waals surface area contributed by atoms with Crippen LogP contribution in [0, 0.1) is 11.3 Å². The van der Waals surface area contributed by atoms with Crippen molar-refractivity contribution in [2.75, 3.05) is 13.2 Å². The molecule has 0 bridgehead atoms. The summed E-state index contributed by atoms with van der Waals surface area (Å²) in [5.41, 5.74) is 2.47. The first-order chi connectivity index (χ1) is 9.45. The minimum atomic E-state index is -1.04. The van der Waals surface area contributed by atoms with Crippen LogP contribution in [0.3, 0.4) is 0 Å². The lowest BCUT2D eigenvalue weighted by Crippen LogP contribution is -2.50. The fraction of sp³-hybridized carbons (Fsp3) is 0.583. The standard InChI is InChI=1S/C12H18N4O4/c1-7(5-13)15-16-8(2)12(19)14-6-10-11(18)9(17)3-4-20-10/h9-11,16-18H,2-4,6H2,1H3,(H,14,19)/b15-7+. The summed E-state index contributed by atoms with van der Waals surface area (Å²) in [6, 6.07) is 1.79. The zero-order valence-electron chi connectivity index (χ0n) is 11.2. The number of nitriles is 1. The van der Waals surface area contributed by atoms with Crippen molar-refractivity contribution in [2.24, 2.45) is 5.10 Å². The lowest BCUT2D eigenvalue weighted by molar-refractivity contribution is -0.136. The number of ether oxygens (including phenoxy) is 1. The highest BCUT2D eigenvalue weighted by atomic mass is 16.5. The van der Waals surface area contributed by atoms with Gasteiger partial charge in [-0.3, -0.25) is 10.2 Å². The van der Waals surface area contributed by atoms with Crippen molar-refractivity contribution in [3.05, 3.63) is 12.3 Å². The maximum Gasteiger partial charge on any atom is 0.268 e. The van der Waals surface area contributed by atoms with Gasteiger partial charge in [-0.05, 0) is 13.3 Å². The number of rotatable bonds is 5. The van der Waals surface area contributed by atoms with Crippen molar-refractivity contribution in [3.63, 3.8) is 0 Å². The van der Waals surface area contributed by atoms with Gasteiger partial charge >= 0.3 is 0 Å². The van der Waals surface area contributed by atoms with Gasteiger partial charge in [-0.2, -0.15) is 10.4 Å². The van der Waals surface area contributed by atoms with E-state index in [4.69, 9.17) is 10.00 Å². The van der Waals surface area contributed by atoms with Crippen LogP contribution in [0.1, 0.15) is 13.3 Å². The molecule has 0 saturated carbocycles. The molecule has 8 nitrogen and oxygen atoms in total. The number of hydrazone groups is 1. The lowest BCUT2D eigenvalue weighted by Gasteiger charge is -2.32. The van der Waals surface area contributed by atoms with Crippen LogP contribution >= 0.6 is 0 Å². The molecule has 0 aromatic rings. The number of carbonyl (C=O) groups excluding carboxylic acids is 1. The van der Waals surface area contributed by atoms with E-state index >= 15 is 0 Å². The average Bonchev–Trinajstić information content (AvgIpc) is 2.45. The molecule has 1 heterocycles. The molecule has 1 rings (SSSR count). The Bertz CT molecular complexity index is 443. The normalized spacial score (nSPS) is 26.5. The van der Waals surface area contributed by atoms with Gasteiger partial charge in [0.1, 0.15) is 29.7 Å². The zero-order valence-corrected chi connectivity index (χ0v) is 11.2. The summed E-state index contributed by atoms with van der Waals surface area (Å²) in [5.74, 6) is -0.532. The predicted octanol–water partition coefficient (Wildman–Crippen LogP) is -1.38. The Balaban J connectivity index is 2.39. The summed E-state index contributed by atoms with van der Waals surface area (Å²) in [5, 5.41) is 33.7. The lowest BCUT2D eigenvalue weighted by atomic mass is 10.0. The van der Waals surface area contributed by atoms with Gasteiger partial charge in [0.25, 0.3) is 5.91 Å². The molecule has 110 valence electrons. The summed E-state index contributed by atoms with van der Waals surface area (Å²) < 4.78 is 5.26. The molecule has 3 atom stereocenters. The first kappa shape index (κ1) is 16.1. The van der Waals surface area contributed by atoms with Crippen LogP contribution in [0.2, 0.25) is 0 Å². The van der Waals surface area contributed by atoms with Crippen molar-refractivity contribution < 1.29 is 19.7 Å². The Morgan fingerprint density at radius 3 is 2.95 bits per heavy atom. The smallest absolute Gasteiger partial charge is 0.268 e. The summed E-state index contributed by atoms with van der Waals surface area (Å²) in [6.07, 6.45) is -2.19. The molecule has 3 unspecified atom stereocenters. The van der Waals surface area contributed by atoms with E-state index in [0.717, 1.165) is 0 Å². The van der Waals surface area contributed by atoms with E-state index in [9.17, 15) is 15.0 Å². The second kappa shape index (κ2) is 7.59. The summed E-state index contributed by atoms with van der Waals surface area (Å²) >= 11 is 0. The molecule has 1 amide bonds. The van der Waals surface area contributed by atoms with E-state index < -0.39 is 24.2 Å². The number of aliphatic hydroxyl groups excluding tert-OH is 2. The van der Waals surface area contributed by atoms with Crippen LogP contribution in [0.15, 0.2) is 17.4 Å². The second-order valence-electron chi connectivity index (χ2n) is 4.37. The Morgan fingerprint density at radius 1 is 1.60 bits per heavy atom. The Labute approximate surface area is 116 Å². The quantitative estimate of drug-likeness (QED) is 0.279. The fourth-order valence-electron chi connectivity index (χ4n) is 1.56. The van der Waals surface area contributed by atoms with Crippen molar-refractivity contribution in [1.29, 1.82) is 5.26 Å². The predicted molar refractivity (Wildman–Crippen MR) is 70.4 cm³/mol. The number of nitrogens with zero attached hydrogens (tertiary/aromatic N) is 2. The topological polar surface area (TPSA) is 127 Å². The highest BCUT2D eigenvalue weighted by Crippen LogP contribution is 2.14. The first-order valence-electron chi connectivity index (χ1n) is 6.11. The van der Waals surface area contributed by atoms with Crippen LogP contribution in [-0.2, 0) is 9.53 Å². The average molecular weight is 282 g/mol. The second-order valence-corrected chi connectivity index (χ2v) is 4.37. The summed E-state index contributed by atoms with van der Waals surface area (Å²) in [4.78, 5) is 11.6. The third kappa shape index (κ3) is 4.62. The van der Waals surface area contributed by atoms with E-state index in [2.05, 4.69) is 22.4 Å². The highest BCUT2D eigenvalue weighted by molar-refractivity contribution is 5.97. The van der Waals surface area contributed by atoms with Gasteiger partial charge in [-0.25, -0.2) is 0 Å². The summed E-state index contributed by atoms with van der Waals surface area (Å²) in [6.45, 7) is 5.31. The third-order valence-electron chi connectivity index (χ3n) is 2.78. The van der Waals surface area contributed by atoms with E-state index in [1.807, 2.05) is 0 Å². The summed E-state index contributed by atoms with van der Waals surface area (Å²) in [7, 11) is 0. The van der Waals surface area contributed by atoms with E-state index in [1.165, 1.54) is 6.92 Å². The Kier molecular flexibility index (Phi) is 6.11. The molecule has 0 aromatic carbocycles. The number of aliphatic hydroxyl groups is 2. The van der Waals surface area contributed by atoms with Gasteiger partial charge in [-0.15, -0.1) is 0 Å². The van der Waals surface area contributed by atoms with Gasteiger partial charge in [0, 0.05) is 13.2 Å². The van der Waals surface area contributed by atoms with Crippen LogP contribution < -0.4 is 10.7 Å². The molecule has 1 saturated heterocycles. The zero-order chi connectivity index (χ0) is 15.1. The molecule has 20 heavy (non-hydrogen) atoms. The SMILES string of the molecule is C=C(N/N=C(\C)C#N)C(=O)NCC1OCCC(O)C1O. The number of hydrogen-bond acceptors (Lipinski definition) is 7. The molecule has 0 radical (unpaired) electrons. The van der Waals surface area contributed by atoms with Gasteiger partial charge in [0.15, 0.2) is 0 Å². The first-order valence-corrected chi connectivity index (χ1v) is 6.11. The maximum atomic E-state index is 11.6. The molecular formula is C12H18N4O4. The van der Waals surface area contributed by atoms with Gasteiger partial charge in [0.05, 0.1) is 6.10 Å². The van der Waals surface area contributed by atoms with Crippen molar-refractivity contribution in [1.82, 2.24) is 10.7 Å². The Hall–Kier alpha value is -1.95. The number of carbonyl (C=O) groups is 1. The monoisotopic (exact) mass is 282 g/mol. The molecule has 1 aliphatic heterocycles. The van der Waals surface area contributed by atoms with Crippen molar-refractivity contribution in [3.8, 4) is 6.07 Å². The molecular weight excluding hydrogens is 264 g/mol. The molecule has 0 aromatic heterocycles. The van der Waals surface area contributed by atoms with Crippen molar-refractivity contribution in [2.45, 2.75) is 31.7 Å². The minimum absolute atomic E-state index is 0.0366. The van der Waals surface area contributed by atoms with Crippen LogP contribution in [0.25, 0.3) is 0 Å². The highest BCUT2D eigenvalue weighted by Gasteiger charge is 2.31. The molecule has 0 aliphatic carbocycles. The molecule has 0 spiro atoms. The number of amides is 1. The van der Waals surface area contributed by atoms with Crippen LogP contribution in [-0.4, -0.2) is 53.3 Å². The van der Waals surface area contributed by atoms with Crippen LogP contribution in [0.5, 0.6) is 0 Å². The van der Waals surface area contributed by atoms with E-state index in [1.54, 1.807) is 6.07 Å². The largest absolute Gasteiger partial charge is 0.390 e. The van der Waals surface area contributed by atoms with Gasteiger partial charge < -0.3 is 20.3 Å². The van der Waals surface area contributed by atoms with Gasteiger partial charge in [0.2, 0.25) is 0 Å². The van der Waals surface area contributed by atoms with E-state index in [-0.39, 0.29) is 18.0 Å². The molecule has 1 fully saturated rings. The fourth-order valence-corrected chi connectivity index (χ4v) is 1.56. The minimum Gasteiger partial charge on any atom is -0.390 e. The van der Waals surface area contributed by atoms with Crippen molar-refractivity contribution >= 4 is 11.6 Å². The third-order valence-corrected chi connectivity index (χ3v) is 2.78. The molecule has 1 aliphatic rings. The molecule has 4 N–H and O–H groups in total. The molecule has 8 heteroatoms. The van der Waals surface area contributed by atoms with Crippen LogP contribution in [0.4, 0.5) is 0 Å². The van der Waals surface area contributed by atoms with E-state index in [0.29, 0.717) is 13.0 Å². The Morgan fingerprint density at radius 2 is 2.30 bits per heavy atom. The maximum absolute atomic E-state index is 11.6.